The topological polar surface area (TPSA) is 91.4 Å². The number of aromatic amines is 1. The van der Waals surface area contributed by atoms with E-state index in [9.17, 15) is 5.26 Å². The lowest BCUT2D eigenvalue weighted by Crippen LogP contribution is -1.99. The summed E-state index contributed by atoms with van der Waals surface area (Å²) in [7, 11) is 0. The van der Waals surface area contributed by atoms with Crippen LogP contribution in [0, 0.1) is 11.3 Å². The molecule has 22 heavy (non-hydrogen) atoms. The Morgan fingerprint density at radius 1 is 1.27 bits per heavy atom. The van der Waals surface area contributed by atoms with E-state index in [4.69, 9.17) is 5.73 Å². The minimum Gasteiger partial charge on any atom is -0.383 e. The number of nitrogens with one attached hydrogen (secondary N) is 1. The fourth-order valence-corrected chi connectivity index (χ4v) is 2.90. The van der Waals surface area contributed by atoms with Crippen LogP contribution in [0.4, 0.5) is 5.82 Å². The highest BCUT2D eigenvalue weighted by atomic mass is 32.2. The molecule has 0 bridgehead atoms. The molecule has 0 atom stereocenters. The molecule has 5 nitrogen and oxygen atoms in total. The summed E-state index contributed by atoms with van der Waals surface area (Å²) in [6.45, 7) is 0. The highest BCUT2D eigenvalue weighted by Crippen LogP contribution is 2.31. The second-order valence-electron chi connectivity index (χ2n) is 4.57. The van der Waals surface area contributed by atoms with Crippen LogP contribution in [0.25, 0.3) is 11.1 Å². The highest BCUT2D eigenvalue weighted by Gasteiger charge is 2.12. The van der Waals surface area contributed by atoms with Crippen molar-refractivity contribution in [2.45, 2.75) is 10.8 Å². The van der Waals surface area contributed by atoms with Crippen LogP contribution in [-0.4, -0.2) is 15.0 Å². The van der Waals surface area contributed by atoms with Crippen molar-refractivity contribution in [1.82, 2.24) is 15.0 Å². The van der Waals surface area contributed by atoms with Gasteiger partial charge in [-0.2, -0.15) is 5.26 Å². The molecule has 2 heterocycles. The third-order valence-corrected chi connectivity index (χ3v) is 4.05. The van der Waals surface area contributed by atoms with Gasteiger partial charge in [-0.15, -0.1) is 0 Å². The van der Waals surface area contributed by atoms with E-state index in [1.54, 1.807) is 12.4 Å². The van der Waals surface area contributed by atoms with Crippen LogP contribution in [0.15, 0.2) is 53.8 Å². The molecule has 2 aromatic heterocycles. The average Bonchev–Trinajstić information content (AvgIpc) is 3.06. The number of anilines is 1. The summed E-state index contributed by atoms with van der Waals surface area (Å²) >= 11 is 1.53. The number of H-pyrrole nitrogens is 1. The maximum atomic E-state index is 9.34. The fourth-order valence-electron chi connectivity index (χ4n) is 2.10. The Labute approximate surface area is 132 Å². The molecular formula is C16H13N5S. The summed E-state index contributed by atoms with van der Waals surface area (Å²) in [6.07, 6.45) is 3.50. The molecule has 3 rings (SSSR count). The Balaban J connectivity index is 1.96. The number of nitrogens with two attached hydrogens (primary N) is 1. The number of hydrogen-bond donors (Lipinski definition) is 2. The molecule has 0 saturated carbocycles. The number of hydrogen-bond acceptors (Lipinski definition) is 5. The van der Waals surface area contributed by atoms with E-state index in [1.165, 1.54) is 11.8 Å². The molecule has 108 valence electrons. The first-order valence-corrected chi connectivity index (χ1v) is 7.63. The van der Waals surface area contributed by atoms with Crippen LogP contribution >= 0.6 is 11.8 Å². The van der Waals surface area contributed by atoms with Crippen LogP contribution in [0.2, 0.25) is 0 Å². The molecular weight excluding hydrogens is 294 g/mol. The van der Waals surface area contributed by atoms with E-state index < -0.39 is 0 Å². The van der Waals surface area contributed by atoms with Crippen molar-refractivity contribution < 1.29 is 0 Å². The molecule has 3 aromatic rings. The highest BCUT2D eigenvalue weighted by molar-refractivity contribution is 7.98. The molecule has 0 aliphatic heterocycles. The van der Waals surface area contributed by atoms with Gasteiger partial charge in [0.2, 0.25) is 0 Å². The molecule has 0 aliphatic rings. The smallest absolute Gasteiger partial charge is 0.143 e. The zero-order chi connectivity index (χ0) is 15.4. The monoisotopic (exact) mass is 307 g/mol. The number of nitriles is 1. The van der Waals surface area contributed by atoms with E-state index in [1.807, 2.05) is 36.4 Å². The van der Waals surface area contributed by atoms with Gasteiger partial charge in [0.1, 0.15) is 23.3 Å². The largest absolute Gasteiger partial charge is 0.383 e. The molecule has 1 aromatic carbocycles. The first-order chi connectivity index (χ1) is 10.8. The number of rotatable bonds is 4. The average molecular weight is 307 g/mol. The van der Waals surface area contributed by atoms with E-state index >= 15 is 0 Å². The fraction of sp³-hybridized carbons (Fsp3) is 0.0625. The Kier molecular flexibility index (Phi) is 4.08. The molecule has 0 radical (unpaired) electrons. The number of pyridine rings is 1. The second kappa shape index (κ2) is 6.33. The van der Waals surface area contributed by atoms with Crippen molar-refractivity contribution >= 4 is 17.6 Å². The van der Waals surface area contributed by atoms with Crippen LogP contribution in [0.1, 0.15) is 11.4 Å². The van der Waals surface area contributed by atoms with Gasteiger partial charge in [0, 0.05) is 18.0 Å². The minimum atomic E-state index is 0.255. The molecule has 0 saturated heterocycles. The number of thioether (sulfide) groups is 1. The third kappa shape index (κ3) is 2.95. The zero-order valence-corrected chi connectivity index (χ0v) is 12.5. The third-order valence-electron chi connectivity index (χ3n) is 3.13. The van der Waals surface area contributed by atoms with Gasteiger partial charge in [-0.1, -0.05) is 42.1 Å². The van der Waals surface area contributed by atoms with Crippen LogP contribution in [0.5, 0.6) is 0 Å². The van der Waals surface area contributed by atoms with Gasteiger partial charge in [-0.3, -0.25) is 0 Å². The van der Waals surface area contributed by atoms with Crippen molar-refractivity contribution in [3.8, 4) is 17.2 Å². The van der Waals surface area contributed by atoms with Crippen molar-refractivity contribution in [3.05, 3.63) is 60.2 Å². The molecule has 6 heteroatoms. The van der Waals surface area contributed by atoms with Gasteiger partial charge in [0.15, 0.2) is 0 Å². The predicted molar refractivity (Wildman–Crippen MR) is 86.9 cm³/mol. The van der Waals surface area contributed by atoms with E-state index in [2.05, 4.69) is 21.0 Å². The lowest BCUT2D eigenvalue weighted by atomic mass is 10.0. The predicted octanol–water partition coefficient (Wildman–Crippen LogP) is 3.22. The molecule has 0 unspecified atom stereocenters. The lowest BCUT2D eigenvalue weighted by Gasteiger charge is -2.09. The van der Waals surface area contributed by atoms with Crippen LogP contribution in [-0.2, 0) is 5.75 Å². The number of benzene rings is 1. The Bertz CT molecular complexity index is 807. The summed E-state index contributed by atoms with van der Waals surface area (Å²) in [6, 6.07) is 13.8. The summed E-state index contributed by atoms with van der Waals surface area (Å²) in [5.74, 6) is 1.79. The molecule has 0 amide bonds. The van der Waals surface area contributed by atoms with Gasteiger partial charge >= 0.3 is 0 Å². The van der Waals surface area contributed by atoms with Gasteiger partial charge in [0.05, 0.1) is 10.8 Å². The SMILES string of the molecule is N#Cc1c(-c2ccccc2)cc(SCc2ncc[nH]2)nc1N. The number of imidazole rings is 1. The van der Waals surface area contributed by atoms with Gasteiger partial charge < -0.3 is 10.7 Å². The molecule has 0 aliphatic carbocycles. The summed E-state index contributed by atoms with van der Waals surface area (Å²) in [5.41, 5.74) is 8.11. The van der Waals surface area contributed by atoms with Crippen molar-refractivity contribution in [1.29, 1.82) is 5.26 Å². The first kappa shape index (κ1) is 14.2. The van der Waals surface area contributed by atoms with Crippen molar-refractivity contribution in [2.75, 3.05) is 5.73 Å². The number of nitrogen functional groups attached to an aromatic ring is 1. The van der Waals surface area contributed by atoms with Crippen molar-refractivity contribution in [3.63, 3.8) is 0 Å². The number of nitrogens with zero attached hydrogens (tertiary/aromatic N) is 3. The Morgan fingerprint density at radius 3 is 2.77 bits per heavy atom. The normalized spacial score (nSPS) is 10.3. The standard InChI is InChI=1S/C16H13N5S/c17-9-13-12(11-4-2-1-3-5-11)8-15(21-16(13)18)22-10-14-19-6-7-20-14/h1-8H,10H2,(H2,18,21)(H,19,20). The first-order valence-electron chi connectivity index (χ1n) is 6.65. The molecule has 3 N–H and O–H groups in total. The molecule has 0 spiro atoms. The Morgan fingerprint density at radius 2 is 2.09 bits per heavy atom. The zero-order valence-electron chi connectivity index (χ0n) is 11.7. The summed E-state index contributed by atoms with van der Waals surface area (Å²) in [4.78, 5) is 11.5. The van der Waals surface area contributed by atoms with Gasteiger partial charge in [0.25, 0.3) is 0 Å². The summed E-state index contributed by atoms with van der Waals surface area (Å²) in [5, 5.41) is 10.1. The minimum absolute atomic E-state index is 0.255. The van der Waals surface area contributed by atoms with E-state index in [0.29, 0.717) is 11.3 Å². The summed E-state index contributed by atoms with van der Waals surface area (Å²) < 4.78 is 0. The maximum Gasteiger partial charge on any atom is 0.143 e. The maximum absolute atomic E-state index is 9.34. The van der Waals surface area contributed by atoms with E-state index in [0.717, 1.165) is 22.0 Å². The van der Waals surface area contributed by atoms with E-state index in [-0.39, 0.29) is 5.82 Å². The van der Waals surface area contributed by atoms with Crippen molar-refractivity contribution in [2.24, 2.45) is 0 Å². The lowest BCUT2D eigenvalue weighted by molar-refractivity contribution is 1.10. The van der Waals surface area contributed by atoms with Gasteiger partial charge in [-0.25, -0.2) is 9.97 Å². The van der Waals surface area contributed by atoms with Gasteiger partial charge in [-0.05, 0) is 11.6 Å². The van der Waals surface area contributed by atoms with Crippen LogP contribution in [0.3, 0.4) is 0 Å². The number of aromatic nitrogens is 3. The second-order valence-corrected chi connectivity index (χ2v) is 5.57. The van der Waals surface area contributed by atoms with Crippen LogP contribution < -0.4 is 5.73 Å². The molecule has 0 fully saturated rings. The quantitative estimate of drug-likeness (QED) is 0.722. The Hall–Kier alpha value is -2.78.